The second-order valence-electron chi connectivity index (χ2n) is 9.18. The van der Waals surface area contributed by atoms with E-state index in [0.29, 0.717) is 26.4 Å². The molecule has 0 unspecified atom stereocenters. The molecule has 1 aromatic heterocycles. The Morgan fingerprint density at radius 3 is 2.43 bits per heavy atom. The summed E-state index contributed by atoms with van der Waals surface area (Å²) in [6.45, 7) is 9.98. The molecule has 0 saturated heterocycles. The lowest BCUT2D eigenvalue weighted by molar-refractivity contribution is -0.139. The fraction of sp³-hybridized carbons (Fsp3) is 0.345. The van der Waals surface area contributed by atoms with Crippen LogP contribution in [0.2, 0.25) is 0 Å². The maximum atomic E-state index is 13.9. The Morgan fingerprint density at radius 2 is 1.84 bits per heavy atom. The average molecular weight is 521 g/mol. The summed E-state index contributed by atoms with van der Waals surface area (Å²) < 4.78 is 18.4. The monoisotopic (exact) mass is 520 g/mol. The molecule has 2 heterocycles. The van der Waals surface area contributed by atoms with Gasteiger partial charge >= 0.3 is 5.97 Å². The Kier molecular flexibility index (Phi) is 7.68. The largest absolute Gasteiger partial charge is 0.497 e. The van der Waals surface area contributed by atoms with Crippen molar-refractivity contribution in [3.8, 4) is 11.5 Å². The van der Waals surface area contributed by atoms with Crippen LogP contribution in [0, 0.1) is 6.92 Å². The molecule has 2 aromatic carbocycles. The van der Waals surface area contributed by atoms with E-state index in [1.807, 2.05) is 43.3 Å². The van der Waals surface area contributed by atoms with Gasteiger partial charge in [-0.05, 0) is 79.3 Å². The minimum atomic E-state index is -0.661. The van der Waals surface area contributed by atoms with Crippen LogP contribution >= 0.6 is 11.3 Å². The highest BCUT2D eigenvalue weighted by Gasteiger charge is 2.33. The predicted molar refractivity (Wildman–Crippen MR) is 145 cm³/mol. The molecule has 1 aliphatic rings. The van der Waals surface area contributed by atoms with Gasteiger partial charge in [-0.1, -0.05) is 37.3 Å². The van der Waals surface area contributed by atoms with E-state index in [2.05, 4.69) is 24.9 Å². The van der Waals surface area contributed by atoms with Crippen molar-refractivity contribution in [2.24, 2.45) is 4.99 Å². The Morgan fingerprint density at radius 1 is 1.14 bits per heavy atom. The van der Waals surface area contributed by atoms with Crippen LogP contribution in [-0.4, -0.2) is 31.4 Å². The van der Waals surface area contributed by atoms with E-state index in [1.165, 1.54) is 11.3 Å². The van der Waals surface area contributed by atoms with Gasteiger partial charge in [0.15, 0.2) is 4.80 Å². The first-order chi connectivity index (χ1) is 17.7. The Labute approximate surface area is 220 Å². The smallest absolute Gasteiger partial charge is 0.338 e. The number of allylic oxidation sites excluding steroid dienone is 1. The average Bonchev–Trinajstić information content (AvgIpc) is 3.18. The number of aryl methyl sites for hydroxylation is 1. The first-order valence-corrected chi connectivity index (χ1v) is 13.0. The Balaban J connectivity index is 1.95. The summed E-state index contributed by atoms with van der Waals surface area (Å²) in [5, 5.41) is 0. The van der Waals surface area contributed by atoms with Crippen LogP contribution in [0.3, 0.4) is 0 Å². The molecule has 0 N–H and O–H groups in total. The van der Waals surface area contributed by atoms with Crippen molar-refractivity contribution in [3.63, 3.8) is 0 Å². The van der Waals surface area contributed by atoms with E-state index >= 15 is 0 Å². The number of ether oxygens (including phenoxy) is 3. The maximum absolute atomic E-state index is 13.9. The van der Waals surface area contributed by atoms with Crippen molar-refractivity contribution in [1.82, 2.24) is 4.57 Å². The number of aromatic nitrogens is 1. The van der Waals surface area contributed by atoms with Crippen molar-refractivity contribution in [3.05, 3.63) is 89.6 Å². The molecular weight excluding hydrogens is 488 g/mol. The molecular formula is C29H32N2O5S. The lowest BCUT2D eigenvalue weighted by Crippen LogP contribution is -2.39. The maximum Gasteiger partial charge on any atom is 0.338 e. The number of fused-ring (bicyclic) bond motifs is 1. The van der Waals surface area contributed by atoms with E-state index in [0.717, 1.165) is 28.0 Å². The molecule has 8 heteroatoms. The molecule has 7 nitrogen and oxygen atoms in total. The van der Waals surface area contributed by atoms with Crippen LogP contribution in [0.25, 0.3) is 6.08 Å². The summed E-state index contributed by atoms with van der Waals surface area (Å²) in [5.41, 5.74) is 4.47. The number of rotatable bonds is 7. The van der Waals surface area contributed by atoms with Gasteiger partial charge in [0, 0.05) is 0 Å². The van der Waals surface area contributed by atoms with Crippen molar-refractivity contribution in [2.45, 2.75) is 46.6 Å². The van der Waals surface area contributed by atoms with Crippen LogP contribution in [0.15, 0.2) is 57.5 Å². The van der Waals surface area contributed by atoms with E-state index in [9.17, 15) is 9.59 Å². The number of hydrogen-bond donors (Lipinski definition) is 0. The predicted octanol–water partition coefficient (Wildman–Crippen LogP) is 4.25. The molecule has 37 heavy (non-hydrogen) atoms. The molecule has 0 saturated carbocycles. The summed E-state index contributed by atoms with van der Waals surface area (Å²) in [6, 6.07) is 10.8. The fourth-order valence-electron chi connectivity index (χ4n) is 4.53. The van der Waals surface area contributed by atoms with Crippen LogP contribution < -0.4 is 24.4 Å². The van der Waals surface area contributed by atoms with E-state index in [4.69, 9.17) is 14.2 Å². The molecule has 4 rings (SSSR count). The highest BCUT2D eigenvalue weighted by atomic mass is 32.1. The normalized spacial score (nSPS) is 15.5. The minimum Gasteiger partial charge on any atom is -0.497 e. The van der Waals surface area contributed by atoms with Gasteiger partial charge in [0.25, 0.3) is 5.56 Å². The number of benzene rings is 2. The van der Waals surface area contributed by atoms with Crippen LogP contribution in [0.4, 0.5) is 0 Å². The zero-order valence-corrected chi connectivity index (χ0v) is 23.1. The third-order valence-corrected chi connectivity index (χ3v) is 7.46. The number of hydrogen-bond acceptors (Lipinski definition) is 7. The zero-order chi connectivity index (χ0) is 26.9. The topological polar surface area (TPSA) is 79.1 Å². The number of methoxy groups -OCH3 is 2. The minimum absolute atomic E-state index is 0.208. The molecule has 194 valence electrons. The van der Waals surface area contributed by atoms with E-state index in [-0.39, 0.29) is 18.1 Å². The molecule has 0 radical (unpaired) electrons. The second-order valence-corrected chi connectivity index (χ2v) is 10.2. The number of nitrogens with zero attached hydrogens (tertiary/aromatic N) is 2. The molecule has 0 aliphatic carbocycles. The third kappa shape index (κ3) is 4.98. The van der Waals surface area contributed by atoms with Gasteiger partial charge in [0.05, 0.1) is 42.7 Å². The molecule has 0 bridgehead atoms. The summed E-state index contributed by atoms with van der Waals surface area (Å²) in [4.78, 5) is 32.1. The standard InChI is InChI=1S/C29H32N2O5S/c1-8-36-28(33)25-18(5)30-29-31(26(25)19-9-11-21(34-6)12-10-19)27(32)24(37-29)15-20-14-22(16(2)3)23(35-7)13-17(20)4/h9-16,26H,8H2,1-7H3/b24-15-/t26-/m0/s1. The van der Waals surface area contributed by atoms with E-state index < -0.39 is 12.0 Å². The summed E-state index contributed by atoms with van der Waals surface area (Å²) >= 11 is 1.31. The van der Waals surface area contributed by atoms with Crippen LogP contribution in [-0.2, 0) is 9.53 Å². The number of carbonyl (C=O) groups is 1. The quantitative estimate of drug-likeness (QED) is 0.435. The van der Waals surface area contributed by atoms with Gasteiger partial charge < -0.3 is 14.2 Å². The second kappa shape index (κ2) is 10.8. The molecule has 1 aliphatic heterocycles. The third-order valence-electron chi connectivity index (χ3n) is 6.48. The molecule has 0 amide bonds. The summed E-state index contributed by atoms with van der Waals surface area (Å²) in [5.74, 6) is 1.30. The lowest BCUT2D eigenvalue weighted by Gasteiger charge is -2.24. The van der Waals surface area contributed by atoms with Crippen molar-refractivity contribution in [1.29, 1.82) is 0 Å². The van der Waals surface area contributed by atoms with Gasteiger partial charge in [-0.3, -0.25) is 9.36 Å². The summed E-state index contributed by atoms with van der Waals surface area (Å²) in [7, 11) is 3.26. The number of esters is 1. The highest BCUT2D eigenvalue weighted by Crippen LogP contribution is 2.32. The fourth-order valence-corrected chi connectivity index (χ4v) is 5.57. The number of thiazole rings is 1. The van der Waals surface area contributed by atoms with Gasteiger partial charge in [-0.2, -0.15) is 0 Å². The van der Waals surface area contributed by atoms with Gasteiger partial charge in [0.1, 0.15) is 11.5 Å². The van der Waals surface area contributed by atoms with Crippen molar-refractivity contribution in [2.75, 3.05) is 20.8 Å². The summed E-state index contributed by atoms with van der Waals surface area (Å²) in [6.07, 6.45) is 1.90. The van der Waals surface area contributed by atoms with E-state index in [1.54, 1.807) is 32.6 Å². The Hall–Kier alpha value is -3.65. The first kappa shape index (κ1) is 26.4. The van der Waals surface area contributed by atoms with Gasteiger partial charge in [-0.15, -0.1) is 0 Å². The first-order valence-electron chi connectivity index (χ1n) is 12.2. The van der Waals surface area contributed by atoms with Gasteiger partial charge in [0.2, 0.25) is 0 Å². The molecule has 0 spiro atoms. The van der Waals surface area contributed by atoms with Crippen LogP contribution in [0.5, 0.6) is 11.5 Å². The van der Waals surface area contributed by atoms with Crippen molar-refractivity contribution < 1.29 is 19.0 Å². The van der Waals surface area contributed by atoms with Crippen LogP contribution in [0.1, 0.15) is 61.9 Å². The molecule has 3 aromatic rings. The molecule has 1 atom stereocenters. The SMILES string of the molecule is CCOC(=O)C1=C(C)N=c2s/c(=C\c3cc(C(C)C)c(OC)cc3C)c(=O)n2[C@H]1c1ccc(OC)cc1. The van der Waals surface area contributed by atoms with Crippen molar-refractivity contribution >= 4 is 23.4 Å². The highest BCUT2D eigenvalue weighted by molar-refractivity contribution is 7.07. The molecule has 0 fully saturated rings. The lowest BCUT2D eigenvalue weighted by atomic mass is 9.95. The van der Waals surface area contributed by atoms with Gasteiger partial charge in [-0.25, -0.2) is 9.79 Å². The Bertz CT molecular complexity index is 1540. The zero-order valence-electron chi connectivity index (χ0n) is 22.2. The number of carbonyl (C=O) groups excluding carboxylic acids is 1.